The zero-order valence-corrected chi connectivity index (χ0v) is 29.5. The summed E-state index contributed by atoms with van der Waals surface area (Å²) in [5.74, 6) is 1.26. The lowest BCUT2D eigenvalue weighted by molar-refractivity contribution is -0.138. The number of esters is 1. The van der Waals surface area contributed by atoms with E-state index < -0.39 is 11.0 Å². The van der Waals surface area contributed by atoms with E-state index in [-0.39, 0.29) is 29.3 Å². The third-order valence-electron chi connectivity index (χ3n) is 11.4. The molecule has 6 rings (SSSR count). The first-order valence-electron chi connectivity index (χ1n) is 17.4. The SMILES string of the molecule is CNCCO/C=C/N(C)C(=O)[C@]1(C)CN2c3cc(C(=O)OC(C)(C)C)ccc3C3(C4CCCCC4)C(c4ccc(OC)cc4[C@H]1C)C23. The Labute approximate surface area is 280 Å². The van der Waals surface area contributed by atoms with Crippen molar-refractivity contribution >= 4 is 17.6 Å². The monoisotopic (exact) mass is 643 g/mol. The Morgan fingerprint density at radius 3 is 2.51 bits per heavy atom. The second-order valence-corrected chi connectivity index (χ2v) is 15.4. The Kier molecular flexibility index (Phi) is 8.88. The topological polar surface area (TPSA) is 80.3 Å². The summed E-state index contributed by atoms with van der Waals surface area (Å²) in [5.41, 5.74) is 4.03. The van der Waals surface area contributed by atoms with E-state index in [0.29, 0.717) is 30.6 Å². The number of amides is 1. The van der Waals surface area contributed by atoms with Crippen LogP contribution in [0.2, 0.25) is 0 Å². The van der Waals surface area contributed by atoms with Crippen LogP contribution in [-0.4, -0.2) is 69.3 Å². The van der Waals surface area contributed by atoms with E-state index in [0.717, 1.165) is 18.0 Å². The first-order valence-corrected chi connectivity index (χ1v) is 17.4. The predicted octanol–water partition coefficient (Wildman–Crippen LogP) is 6.74. The number of likely N-dealkylation sites (N-methyl/N-ethyl adjacent to an activating group) is 1. The second-order valence-electron chi connectivity index (χ2n) is 15.4. The number of nitrogens with zero attached hydrogens (tertiary/aromatic N) is 2. The van der Waals surface area contributed by atoms with Crippen molar-refractivity contribution in [1.29, 1.82) is 0 Å². The van der Waals surface area contributed by atoms with Crippen molar-refractivity contribution in [3.05, 3.63) is 71.1 Å². The van der Waals surface area contributed by atoms with Crippen LogP contribution in [0.5, 0.6) is 5.75 Å². The number of hydrogen-bond donors (Lipinski definition) is 1. The van der Waals surface area contributed by atoms with E-state index in [4.69, 9.17) is 14.2 Å². The Balaban J connectivity index is 1.49. The number of rotatable bonds is 9. The highest BCUT2D eigenvalue weighted by atomic mass is 16.6. The summed E-state index contributed by atoms with van der Waals surface area (Å²) in [4.78, 5) is 32.2. The maximum Gasteiger partial charge on any atom is 0.338 e. The van der Waals surface area contributed by atoms with Crippen LogP contribution in [0.4, 0.5) is 5.69 Å². The molecule has 1 amide bonds. The summed E-state index contributed by atoms with van der Waals surface area (Å²) in [6.07, 6.45) is 9.50. The first kappa shape index (κ1) is 33.4. The van der Waals surface area contributed by atoms with Crippen molar-refractivity contribution < 1.29 is 23.8 Å². The molecule has 8 nitrogen and oxygen atoms in total. The molecule has 4 aliphatic rings. The summed E-state index contributed by atoms with van der Waals surface area (Å²) in [7, 11) is 5.41. The van der Waals surface area contributed by atoms with Gasteiger partial charge in [-0.3, -0.25) is 4.79 Å². The molecular weight excluding hydrogens is 590 g/mol. The van der Waals surface area contributed by atoms with Crippen molar-refractivity contribution in [2.24, 2.45) is 11.3 Å². The van der Waals surface area contributed by atoms with E-state index in [9.17, 15) is 9.59 Å². The van der Waals surface area contributed by atoms with Crippen LogP contribution in [0.25, 0.3) is 0 Å². The predicted molar refractivity (Wildman–Crippen MR) is 185 cm³/mol. The quantitative estimate of drug-likeness (QED) is 0.184. The van der Waals surface area contributed by atoms with E-state index in [1.165, 1.54) is 48.8 Å². The molecule has 2 heterocycles. The molecule has 2 fully saturated rings. The fraction of sp³-hybridized carbons (Fsp3) is 0.590. The average molecular weight is 644 g/mol. The molecule has 0 bridgehead atoms. The number of fused-ring (bicyclic) bond motifs is 6. The lowest BCUT2D eigenvalue weighted by atomic mass is 9.68. The molecule has 8 heteroatoms. The van der Waals surface area contributed by atoms with Crippen molar-refractivity contribution in [3.8, 4) is 5.75 Å². The number of nitrogens with one attached hydrogen (secondary N) is 1. The molecular formula is C39H53N3O5. The van der Waals surface area contributed by atoms with E-state index in [2.05, 4.69) is 48.3 Å². The number of benzene rings is 2. The molecule has 2 aliphatic carbocycles. The van der Waals surface area contributed by atoms with Gasteiger partial charge < -0.3 is 29.3 Å². The Morgan fingerprint density at radius 1 is 1.09 bits per heavy atom. The van der Waals surface area contributed by atoms with Gasteiger partial charge >= 0.3 is 5.97 Å². The standard InChI is InChI=1S/C39H53N3O5/c1-25-30-23-28(45-8)15-16-29(30)33-34-39(33,27-12-10-9-11-13-27)31-17-14-26(35(43)47-37(2,3)4)22-32(31)42(34)24-38(25,5)36(44)41(7)19-21-46-20-18-40-6/h14-17,19,21-23,25,27,33-34,40H,9-13,18,20,24H2,1-8H3/b21-19+/t25-,33?,34?,38-,39?/m1/s1. The van der Waals surface area contributed by atoms with Crippen LogP contribution in [-0.2, 0) is 19.7 Å². The molecule has 47 heavy (non-hydrogen) atoms. The van der Waals surface area contributed by atoms with E-state index >= 15 is 0 Å². The van der Waals surface area contributed by atoms with Gasteiger partial charge in [-0.15, -0.1) is 0 Å². The zero-order chi connectivity index (χ0) is 33.7. The van der Waals surface area contributed by atoms with E-state index in [1.54, 1.807) is 24.5 Å². The Hall–Kier alpha value is -3.52. The molecule has 1 N–H and O–H groups in total. The van der Waals surface area contributed by atoms with Gasteiger partial charge in [0.15, 0.2) is 0 Å². The van der Waals surface area contributed by atoms with Crippen molar-refractivity contribution in [1.82, 2.24) is 10.2 Å². The van der Waals surface area contributed by atoms with Crippen LogP contribution in [0.1, 0.15) is 106 Å². The van der Waals surface area contributed by atoms with Crippen LogP contribution in [0, 0.1) is 11.3 Å². The molecule has 2 aromatic rings. The average Bonchev–Trinajstić information content (AvgIpc) is 3.66. The highest BCUT2D eigenvalue weighted by Gasteiger charge is 2.76. The van der Waals surface area contributed by atoms with Crippen molar-refractivity contribution in [2.45, 2.75) is 95.6 Å². The first-order chi connectivity index (χ1) is 22.4. The third kappa shape index (κ3) is 5.60. The largest absolute Gasteiger partial charge is 0.498 e. The summed E-state index contributed by atoms with van der Waals surface area (Å²) >= 11 is 0. The van der Waals surface area contributed by atoms with Crippen molar-refractivity contribution in [2.75, 3.05) is 45.8 Å². The summed E-state index contributed by atoms with van der Waals surface area (Å²) in [6.45, 7) is 11.8. The van der Waals surface area contributed by atoms with E-state index in [1.807, 2.05) is 47.0 Å². The molecule has 2 aliphatic heterocycles. The van der Waals surface area contributed by atoms with Gasteiger partial charge in [-0.25, -0.2) is 4.79 Å². The number of ether oxygens (including phenoxy) is 3. The number of hydrogen-bond acceptors (Lipinski definition) is 7. The fourth-order valence-electron chi connectivity index (χ4n) is 9.07. The van der Waals surface area contributed by atoms with Gasteiger partial charge in [0.1, 0.15) is 11.4 Å². The Morgan fingerprint density at radius 2 is 1.83 bits per heavy atom. The number of carbonyl (C=O) groups is 2. The summed E-state index contributed by atoms with van der Waals surface area (Å²) < 4.78 is 17.2. The third-order valence-corrected chi connectivity index (χ3v) is 11.4. The molecule has 2 aromatic carbocycles. The molecule has 0 spiro atoms. The summed E-state index contributed by atoms with van der Waals surface area (Å²) in [6, 6.07) is 13.0. The Bertz CT molecular complexity index is 1540. The number of methoxy groups -OCH3 is 1. The maximum absolute atomic E-state index is 14.7. The van der Waals surface area contributed by atoms with Gasteiger partial charge in [0.25, 0.3) is 0 Å². The van der Waals surface area contributed by atoms with Gasteiger partial charge in [-0.2, -0.15) is 0 Å². The highest BCUT2D eigenvalue weighted by molar-refractivity contribution is 5.93. The number of anilines is 1. The maximum atomic E-state index is 14.7. The van der Waals surface area contributed by atoms with Crippen LogP contribution < -0.4 is 15.0 Å². The lowest BCUT2D eigenvalue weighted by Gasteiger charge is -2.43. The molecule has 0 saturated heterocycles. The lowest BCUT2D eigenvalue weighted by Crippen LogP contribution is -2.50. The normalized spacial score (nSPS) is 28.1. The molecule has 5 atom stereocenters. The molecule has 0 aromatic heterocycles. The minimum Gasteiger partial charge on any atom is -0.498 e. The van der Waals surface area contributed by atoms with Gasteiger partial charge in [0.2, 0.25) is 5.91 Å². The van der Waals surface area contributed by atoms with Gasteiger partial charge in [0.05, 0.1) is 31.0 Å². The molecule has 2 saturated carbocycles. The molecule has 3 unspecified atom stereocenters. The van der Waals surface area contributed by atoms with Crippen LogP contribution in [0.15, 0.2) is 48.9 Å². The zero-order valence-electron chi connectivity index (χ0n) is 29.5. The fourth-order valence-corrected chi connectivity index (χ4v) is 9.07. The van der Waals surface area contributed by atoms with Gasteiger partial charge in [-0.1, -0.05) is 38.3 Å². The second kappa shape index (κ2) is 12.5. The molecule has 254 valence electrons. The van der Waals surface area contributed by atoms with Gasteiger partial charge in [0, 0.05) is 49.4 Å². The van der Waals surface area contributed by atoms with Gasteiger partial charge in [-0.05, 0) is 100 Å². The minimum atomic E-state index is -0.805. The number of carbonyl (C=O) groups excluding carboxylic acids is 2. The highest BCUT2D eigenvalue weighted by Crippen LogP contribution is 2.76. The minimum absolute atomic E-state index is 0.0198. The smallest absolute Gasteiger partial charge is 0.338 e. The van der Waals surface area contributed by atoms with Crippen molar-refractivity contribution in [3.63, 3.8) is 0 Å². The molecule has 0 radical (unpaired) electrons. The van der Waals surface area contributed by atoms with Crippen LogP contribution >= 0.6 is 0 Å². The summed E-state index contributed by atoms with van der Waals surface area (Å²) in [5, 5.41) is 3.07. The van der Waals surface area contributed by atoms with Crippen LogP contribution in [0.3, 0.4) is 0 Å².